The number of imidazole rings is 1. The van der Waals surface area contributed by atoms with Crippen molar-refractivity contribution in [3.05, 3.63) is 175 Å². The molecule has 0 saturated heterocycles. The van der Waals surface area contributed by atoms with Crippen molar-refractivity contribution in [1.29, 1.82) is 0 Å². The summed E-state index contributed by atoms with van der Waals surface area (Å²) in [7, 11) is 0. The molecule has 0 spiro atoms. The molecule has 0 amide bonds. The highest BCUT2D eigenvalue weighted by Gasteiger charge is 2.36. The highest BCUT2D eigenvalue weighted by atomic mass is 15.1. The molecule has 0 N–H and O–H groups in total. The van der Waals surface area contributed by atoms with Crippen LogP contribution in [0.1, 0.15) is 25.0 Å². The van der Waals surface area contributed by atoms with Gasteiger partial charge in [-0.3, -0.25) is 4.57 Å². The molecule has 240 valence electrons. The summed E-state index contributed by atoms with van der Waals surface area (Å²) in [6.07, 6.45) is 0. The van der Waals surface area contributed by atoms with Crippen LogP contribution in [0.3, 0.4) is 0 Å². The molecule has 3 nitrogen and oxygen atoms in total. The molecule has 10 aromatic rings. The second kappa shape index (κ2) is 10.3. The van der Waals surface area contributed by atoms with E-state index in [1.54, 1.807) is 0 Å². The third-order valence-corrected chi connectivity index (χ3v) is 11.3. The Morgan fingerprint density at radius 1 is 0.431 bits per heavy atom. The summed E-state index contributed by atoms with van der Waals surface area (Å²) >= 11 is 0. The minimum Gasteiger partial charge on any atom is -0.309 e. The van der Waals surface area contributed by atoms with Crippen LogP contribution in [0.25, 0.3) is 88.3 Å². The topological polar surface area (TPSA) is 22.8 Å². The van der Waals surface area contributed by atoms with Crippen molar-refractivity contribution >= 4 is 54.4 Å². The van der Waals surface area contributed by atoms with Crippen LogP contribution in [0.2, 0.25) is 0 Å². The highest BCUT2D eigenvalue weighted by Crippen LogP contribution is 2.51. The molecule has 0 unspecified atom stereocenters. The van der Waals surface area contributed by atoms with Crippen molar-refractivity contribution in [2.24, 2.45) is 0 Å². The zero-order valence-electron chi connectivity index (χ0n) is 28.4. The number of hydrogen-bond donors (Lipinski definition) is 0. The maximum Gasteiger partial charge on any atom is 0.145 e. The Morgan fingerprint density at radius 3 is 2.00 bits per heavy atom. The van der Waals surface area contributed by atoms with E-state index in [1.807, 2.05) is 0 Å². The zero-order chi connectivity index (χ0) is 33.8. The van der Waals surface area contributed by atoms with E-state index >= 15 is 0 Å². The summed E-state index contributed by atoms with van der Waals surface area (Å²) in [6, 6.07) is 59.9. The quantitative estimate of drug-likeness (QED) is 0.174. The fourth-order valence-corrected chi connectivity index (χ4v) is 8.81. The first-order chi connectivity index (χ1) is 25.0. The Kier molecular flexibility index (Phi) is 5.73. The van der Waals surface area contributed by atoms with Crippen LogP contribution >= 0.6 is 0 Å². The van der Waals surface area contributed by atoms with Gasteiger partial charge in [-0.1, -0.05) is 105 Å². The lowest BCUT2D eigenvalue weighted by Gasteiger charge is -2.21. The third-order valence-electron chi connectivity index (χ3n) is 11.3. The first kappa shape index (κ1) is 28.4. The van der Waals surface area contributed by atoms with Gasteiger partial charge in [-0.25, -0.2) is 4.98 Å². The molecule has 8 aromatic carbocycles. The normalized spacial score (nSPS) is 13.5. The molecule has 0 fully saturated rings. The molecule has 0 aliphatic heterocycles. The van der Waals surface area contributed by atoms with E-state index in [0.717, 1.165) is 33.8 Å². The van der Waals surface area contributed by atoms with Gasteiger partial charge in [0.25, 0.3) is 0 Å². The van der Waals surface area contributed by atoms with Gasteiger partial charge in [-0.05, 0) is 117 Å². The largest absolute Gasteiger partial charge is 0.309 e. The summed E-state index contributed by atoms with van der Waals surface area (Å²) in [5.41, 5.74) is 13.2. The van der Waals surface area contributed by atoms with Crippen LogP contribution < -0.4 is 0 Å². The third kappa shape index (κ3) is 3.97. The zero-order valence-corrected chi connectivity index (χ0v) is 28.4. The van der Waals surface area contributed by atoms with Gasteiger partial charge in [-0.2, -0.15) is 0 Å². The first-order valence-corrected chi connectivity index (χ1v) is 17.7. The molecule has 0 bridgehead atoms. The van der Waals surface area contributed by atoms with E-state index in [1.165, 1.54) is 65.6 Å². The molecule has 11 rings (SSSR count). The molecule has 2 heterocycles. The molecule has 2 aromatic heterocycles. The van der Waals surface area contributed by atoms with Gasteiger partial charge in [0.2, 0.25) is 0 Å². The van der Waals surface area contributed by atoms with Crippen LogP contribution in [0.4, 0.5) is 0 Å². The van der Waals surface area contributed by atoms with Gasteiger partial charge in [0.15, 0.2) is 0 Å². The Morgan fingerprint density at radius 2 is 1.12 bits per heavy atom. The molecule has 1 aliphatic carbocycles. The summed E-state index contributed by atoms with van der Waals surface area (Å²) < 4.78 is 4.74. The van der Waals surface area contributed by atoms with Crippen LogP contribution in [-0.2, 0) is 5.41 Å². The standard InChI is InChI=1S/C48H33N3/c1-48(2)41-17-9-8-16-36(41)38-28-40-39-27-37-32(21-20-30-12-6-7-15-35(30)37)26-45(39)50(46(40)29-42(38)48)34-24-22-31(23-25-34)47-49-43-18-10-11-19-44(43)51(47)33-13-4-3-5-14-33/h3-29H,1-2H3. The van der Waals surface area contributed by atoms with Crippen LogP contribution in [0.15, 0.2) is 164 Å². The Bertz CT molecular complexity index is 3030. The molecular weight excluding hydrogens is 619 g/mol. The van der Waals surface area contributed by atoms with Gasteiger partial charge >= 0.3 is 0 Å². The molecule has 3 heteroatoms. The van der Waals surface area contributed by atoms with Crippen LogP contribution in [0.5, 0.6) is 0 Å². The minimum atomic E-state index is -0.0945. The van der Waals surface area contributed by atoms with Crippen molar-refractivity contribution < 1.29 is 0 Å². The van der Waals surface area contributed by atoms with Crippen LogP contribution in [-0.4, -0.2) is 14.1 Å². The van der Waals surface area contributed by atoms with E-state index < -0.39 is 0 Å². The van der Waals surface area contributed by atoms with Crippen molar-refractivity contribution in [2.75, 3.05) is 0 Å². The van der Waals surface area contributed by atoms with E-state index in [4.69, 9.17) is 4.98 Å². The molecule has 0 radical (unpaired) electrons. The summed E-state index contributed by atoms with van der Waals surface area (Å²) in [4.78, 5) is 5.14. The van der Waals surface area contributed by atoms with E-state index in [0.29, 0.717) is 0 Å². The molecule has 0 saturated carbocycles. The number of hydrogen-bond acceptors (Lipinski definition) is 1. The number of nitrogens with zero attached hydrogens (tertiary/aromatic N) is 3. The number of para-hydroxylation sites is 3. The van der Waals surface area contributed by atoms with Gasteiger partial charge in [0.05, 0.1) is 22.1 Å². The maximum atomic E-state index is 5.14. The Labute approximate surface area is 295 Å². The fraction of sp³-hybridized carbons (Fsp3) is 0.0625. The van der Waals surface area contributed by atoms with Crippen molar-refractivity contribution in [3.63, 3.8) is 0 Å². The number of rotatable bonds is 3. The van der Waals surface area contributed by atoms with Crippen molar-refractivity contribution in [3.8, 4) is 33.9 Å². The smallest absolute Gasteiger partial charge is 0.145 e. The monoisotopic (exact) mass is 651 g/mol. The van der Waals surface area contributed by atoms with Gasteiger partial charge < -0.3 is 4.57 Å². The van der Waals surface area contributed by atoms with Crippen molar-refractivity contribution in [2.45, 2.75) is 19.3 Å². The summed E-state index contributed by atoms with van der Waals surface area (Å²) in [6.45, 7) is 4.73. The van der Waals surface area contributed by atoms with Gasteiger partial charge in [0.1, 0.15) is 5.82 Å². The number of benzene rings is 8. The summed E-state index contributed by atoms with van der Waals surface area (Å²) in [5.74, 6) is 0.936. The summed E-state index contributed by atoms with van der Waals surface area (Å²) in [5, 5.41) is 7.64. The van der Waals surface area contributed by atoms with E-state index in [9.17, 15) is 0 Å². The lowest BCUT2D eigenvalue weighted by atomic mass is 9.82. The Balaban J connectivity index is 1.17. The van der Waals surface area contributed by atoms with E-state index in [2.05, 4.69) is 187 Å². The fourth-order valence-electron chi connectivity index (χ4n) is 8.81. The molecule has 0 atom stereocenters. The maximum absolute atomic E-state index is 5.14. The average molecular weight is 652 g/mol. The van der Waals surface area contributed by atoms with E-state index in [-0.39, 0.29) is 5.41 Å². The Hall–Kier alpha value is -6.45. The van der Waals surface area contributed by atoms with Crippen LogP contribution in [0, 0.1) is 0 Å². The number of fused-ring (bicyclic) bond motifs is 10. The predicted molar refractivity (Wildman–Crippen MR) is 213 cm³/mol. The first-order valence-electron chi connectivity index (χ1n) is 17.7. The second-order valence-electron chi connectivity index (χ2n) is 14.4. The number of aromatic nitrogens is 3. The SMILES string of the molecule is CC1(C)c2ccccc2-c2cc3c4cc5c(ccc6ccccc65)cc4n(-c4ccc(-c5nc6ccccc6n5-c5ccccc5)cc4)c3cc21. The molecule has 51 heavy (non-hydrogen) atoms. The predicted octanol–water partition coefficient (Wildman–Crippen LogP) is 12.4. The minimum absolute atomic E-state index is 0.0945. The molecular formula is C48H33N3. The second-order valence-corrected chi connectivity index (χ2v) is 14.4. The van der Waals surface area contributed by atoms with Gasteiger partial charge in [-0.15, -0.1) is 0 Å². The molecule has 1 aliphatic rings. The average Bonchev–Trinajstić information content (AvgIpc) is 3.79. The highest BCUT2D eigenvalue weighted by molar-refractivity contribution is 6.19. The van der Waals surface area contributed by atoms with Gasteiger partial charge in [0, 0.05) is 33.1 Å². The lowest BCUT2D eigenvalue weighted by molar-refractivity contribution is 0.661. The van der Waals surface area contributed by atoms with Crippen molar-refractivity contribution in [1.82, 2.24) is 14.1 Å². The lowest BCUT2D eigenvalue weighted by Crippen LogP contribution is -2.14.